The topological polar surface area (TPSA) is 48.1 Å². The predicted molar refractivity (Wildman–Crippen MR) is 121 cm³/mol. The molecule has 0 aromatic heterocycles. The van der Waals surface area contributed by atoms with Gasteiger partial charge in [0, 0.05) is 51.7 Å². The molecule has 0 saturated carbocycles. The molecule has 1 aromatic carbocycles. The van der Waals surface area contributed by atoms with Gasteiger partial charge in [0.1, 0.15) is 5.75 Å². The molecule has 0 radical (unpaired) electrons. The van der Waals surface area contributed by atoms with E-state index < -0.39 is 0 Å². The molecule has 29 heavy (non-hydrogen) atoms. The van der Waals surface area contributed by atoms with Crippen molar-refractivity contribution in [3.8, 4) is 5.75 Å². The van der Waals surface area contributed by atoms with Crippen LogP contribution in [0.3, 0.4) is 0 Å². The Morgan fingerprint density at radius 2 is 1.93 bits per heavy atom. The van der Waals surface area contributed by atoms with Crippen molar-refractivity contribution < 1.29 is 9.53 Å². The van der Waals surface area contributed by atoms with Gasteiger partial charge in [0.05, 0.1) is 13.2 Å². The number of benzene rings is 1. The zero-order valence-electron chi connectivity index (χ0n) is 17.3. The quantitative estimate of drug-likeness (QED) is 0.749. The van der Waals surface area contributed by atoms with Crippen molar-refractivity contribution in [1.29, 1.82) is 0 Å². The van der Waals surface area contributed by atoms with Crippen LogP contribution in [0.2, 0.25) is 0 Å². The normalized spacial score (nSPS) is 22.2. The Hall–Kier alpha value is -1.05. The number of nitrogens with zero attached hydrogens (tertiary/aromatic N) is 3. The monoisotopic (exact) mass is 444 g/mol. The maximum atomic E-state index is 12.7. The third-order valence-corrected chi connectivity index (χ3v) is 6.16. The number of hydrogen-bond donors (Lipinski definition) is 1. The molecule has 3 heterocycles. The highest BCUT2D eigenvalue weighted by Crippen LogP contribution is 2.26. The summed E-state index contributed by atoms with van der Waals surface area (Å²) in [5.41, 5.74) is 2.69. The first kappa shape index (κ1) is 24.2. The van der Waals surface area contributed by atoms with Crippen LogP contribution in [0.4, 0.5) is 0 Å². The van der Waals surface area contributed by atoms with E-state index in [0.717, 1.165) is 64.6 Å². The van der Waals surface area contributed by atoms with Crippen molar-refractivity contribution in [2.24, 2.45) is 0 Å². The van der Waals surface area contributed by atoms with Crippen LogP contribution < -0.4 is 10.1 Å². The fraction of sp³-hybridized carbons (Fsp3) is 0.667. The van der Waals surface area contributed by atoms with Crippen LogP contribution in [0.15, 0.2) is 18.2 Å². The van der Waals surface area contributed by atoms with Gasteiger partial charge in [-0.25, -0.2) is 0 Å². The molecule has 2 saturated heterocycles. The molecule has 1 aromatic rings. The fourth-order valence-corrected chi connectivity index (χ4v) is 4.48. The lowest BCUT2D eigenvalue weighted by molar-refractivity contribution is -0.134. The summed E-state index contributed by atoms with van der Waals surface area (Å²) in [5.74, 6) is 1.34. The lowest BCUT2D eigenvalue weighted by atomic mass is 10.1. The van der Waals surface area contributed by atoms with Gasteiger partial charge in [-0.05, 0) is 43.6 Å². The molecule has 3 aliphatic rings. The number of fused-ring (bicyclic) bond motifs is 1. The summed E-state index contributed by atoms with van der Waals surface area (Å²) < 4.78 is 5.59. The highest BCUT2D eigenvalue weighted by molar-refractivity contribution is 5.85. The summed E-state index contributed by atoms with van der Waals surface area (Å²) in [6, 6.07) is 7.10. The Bertz CT molecular complexity index is 668. The van der Waals surface area contributed by atoms with Crippen LogP contribution >= 0.6 is 24.8 Å². The first-order valence-electron chi connectivity index (χ1n) is 10.4. The molecule has 1 amide bonds. The molecule has 164 valence electrons. The summed E-state index contributed by atoms with van der Waals surface area (Å²) in [5, 5.41) is 3.35. The lowest BCUT2D eigenvalue weighted by Gasteiger charge is -2.37. The van der Waals surface area contributed by atoms with Crippen LogP contribution in [-0.2, 0) is 17.8 Å². The van der Waals surface area contributed by atoms with Crippen molar-refractivity contribution in [3.05, 3.63) is 29.3 Å². The number of likely N-dealkylation sites (N-methyl/N-ethyl adjacent to an activating group) is 1. The summed E-state index contributed by atoms with van der Waals surface area (Å²) in [6.07, 6.45) is 3.42. The first-order chi connectivity index (χ1) is 13.2. The standard InChI is InChI=1S/C21H32N4O2.2ClH/c1-22-19-3-2-7-24(15-19)16-21(26)25-10-8-23(9-11-25)14-17-4-5-20-18(13-17)6-12-27-20;;/h4-5,13,19,22H,2-3,6-12,14-16H2,1H3;2*1H. The van der Waals surface area contributed by atoms with E-state index in [-0.39, 0.29) is 24.8 Å². The van der Waals surface area contributed by atoms with Crippen LogP contribution in [0, 0.1) is 0 Å². The average molecular weight is 445 g/mol. The number of hydrogen-bond acceptors (Lipinski definition) is 5. The number of carbonyl (C=O) groups excluding carboxylic acids is 1. The van der Waals surface area contributed by atoms with Crippen LogP contribution in [0.1, 0.15) is 24.0 Å². The number of piperidine rings is 1. The molecule has 1 unspecified atom stereocenters. The van der Waals surface area contributed by atoms with Gasteiger partial charge in [0.2, 0.25) is 5.91 Å². The van der Waals surface area contributed by atoms with E-state index in [2.05, 4.69) is 38.2 Å². The van der Waals surface area contributed by atoms with Crippen molar-refractivity contribution in [2.75, 3.05) is 59.5 Å². The molecule has 3 aliphatic heterocycles. The number of carbonyl (C=O) groups is 1. The second-order valence-electron chi connectivity index (χ2n) is 8.06. The highest BCUT2D eigenvalue weighted by atomic mass is 35.5. The van der Waals surface area contributed by atoms with Gasteiger partial charge in [-0.3, -0.25) is 14.6 Å². The van der Waals surface area contributed by atoms with Gasteiger partial charge < -0.3 is 15.0 Å². The molecule has 8 heteroatoms. The molecule has 0 aliphatic carbocycles. The first-order valence-corrected chi connectivity index (χ1v) is 10.4. The molecule has 1 atom stereocenters. The van der Waals surface area contributed by atoms with Crippen LogP contribution in [0.25, 0.3) is 0 Å². The molecule has 0 spiro atoms. The highest BCUT2D eigenvalue weighted by Gasteiger charge is 2.25. The van der Waals surface area contributed by atoms with Gasteiger partial charge >= 0.3 is 0 Å². The van der Waals surface area contributed by atoms with Crippen molar-refractivity contribution >= 4 is 30.7 Å². The zero-order valence-corrected chi connectivity index (χ0v) is 18.9. The number of piperazine rings is 1. The third-order valence-electron chi connectivity index (χ3n) is 6.16. The van der Waals surface area contributed by atoms with Crippen molar-refractivity contribution in [1.82, 2.24) is 20.0 Å². The molecular formula is C21H34Cl2N4O2. The maximum absolute atomic E-state index is 12.7. The fourth-order valence-electron chi connectivity index (χ4n) is 4.48. The largest absolute Gasteiger partial charge is 0.493 e. The van der Waals surface area contributed by atoms with Gasteiger partial charge in [-0.1, -0.05) is 12.1 Å². The number of amides is 1. The molecule has 0 bridgehead atoms. The average Bonchev–Trinajstić information content (AvgIpc) is 3.16. The Morgan fingerprint density at radius 3 is 2.69 bits per heavy atom. The molecule has 4 rings (SSSR count). The van der Waals surface area contributed by atoms with E-state index >= 15 is 0 Å². The Morgan fingerprint density at radius 1 is 1.14 bits per heavy atom. The molecular weight excluding hydrogens is 411 g/mol. The summed E-state index contributed by atoms with van der Waals surface area (Å²) in [4.78, 5) is 19.5. The summed E-state index contributed by atoms with van der Waals surface area (Å²) in [7, 11) is 2.02. The molecule has 6 nitrogen and oxygen atoms in total. The maximum Gasteiger partial charge on any atom is 0.236 e. The van der Waals surface area contributed by atoms with E-state index in [1.807, 2.05) is 7.05 Å². The van der Waals surface area contributed by atoms with Gasteiger partial charge in [0.15, 0.2) is 0 Å². The minimum absolute atomic E-state index is 0. The summed E-state index contributed by atoms with van der Waals surface area (Å²) >= 11 is 0. The number of halogens is 2. The van der Waals surface area contributed by atoms with Crippen LogP contribution in [0.5, 0.6) is 5.75 Å². The summed E-state index contributed by atoms with van der Waals surface area (Å²) in [6.45, 7) is 7.99. The van der Waals surface area contributed by atoms with Crippen molar-refractivity contribution in [2.45, 2.75) is 31.8 Å². The third kappa shape index (κ3) is 6.22. The van der Waals surface area contributed by atoms with E-state index in [1.165, 1.54) is 24.0 Å². The number of ether oxygens (including phenoxy) is 1. The molecule has 1 N–H and O–H groups in total. The van der Waals surface area contributed by atoms with Gasteiger partial charge in [0.25, 0.3) is 0 Å². The van der Waals surface area contributed by atoms with Gasteiger partial charge in [-0.2, -0.15) is 0 Å². The Kier molecular flexibility index (Phi) is 9.50. The number of nitrogens with one attached hydrogen (secondary N) is 1. The minimum Gasteiger partial charge on any atom is -0.493 e. The lowest BCUT2D eigenvalue weighted by Crippen LogP contribution is -2.53. The number of rotatable bonds is 5. The van der Waals surface area contributed by atoms with E-state index in [4.69, 9.17) is 4.74 Å². The Labute approximate surface area is 186 Å². The van der Waals surface area contributed by atoms with Crippen molar-refractivity contribution in [3.63, 3.8) is 0 Å². The SMILES string of the molecule is CNC1CCCN(CC(=O)N2CCN(Cc3ccc4c(c3)CCO4)CC2)C1.Cl.Cl. The second-order valence-corrected chi connectivity index (χ2v) is 8.06. The molecule has 2 fully saturated rings. The second kappa shape index (κ2) is 11.4. The predicted octanol–water partition coefficient (Wildman–Crippen LogP) is 1.79. The number of likely N-dealkylation sites (tertiary alicyclic amines) is 1. The smallest absolute Gasteiger partial charge is 0.236 e. The zero-order chi connectivity index (χ0) is 18.6. The Balaban J connectivity index is 0.00000150. The van der Waals surface area contributed by atoms with E-state index in [9.17, 15) is 4.79 Å². The van der Waals surface area contributed by atoms with E-state index in [1.54, 1.807) is 0 Å². The van der Waals surface area contributed by atoms with E-state index in [0.29, 0.717) is 18.5 Å². The van der Waals surface area contributed by atoms with Gasteiger partial charge in [-0.15, -0.1) is 24.8 Å². The minimum atomic E-state index is 0. The van der Waals surface area contributed by atoms with Crippen LogP contribution in [-0.4, -0.2) is 86.1 Å².